The summed E-state index contributed by atoms with van der Waals surface area (Å²) in [5.74, 6) is 2.21. The minimum absolute atomic E-state index is 0.121. The first-order valence-electron chi connectivity index (χ1n) is 14.1. The number of ether oxygens (including phenoxy) is 1. The number of benzene rings is 1. The van der Waals surface area contributed by atoms with Gasteiger partial charge in [-0.3, -0.25) is 9.59 Å². The summed E-state index contributed by atoms with van der Waals surface area (Å²) in [6.07, 6.45) is 11.0. The molecule has 0 aliphatic rings. The summed E-state index contributed by atoms with van der Waals surface area (Å²) in [4.78, 5) is 42.2. The van der Waals surface area contributed by atoms with Gasteiger partial charge in [-0.15, -0.1) is 6.42 Å². The quantitative estimate of drug-likeness (QED) is 0.217. The third kappa shape index (κ3) is 11.6. The van der Waals surface area contributed by atoms with Gasteiger partial charge in [0.25, 0.3) is 0 Å². The highest BCUT2D eigenvalue weighted by molar-refractivity contribution is 5.92. The molecule has 0 fully saturated rings. The number of nitrogens with one attached hydrogen (secondary N) is 2. The van der Waals surface area contributed by atoms with E-state index in [1.165, 1.54) is 0 Å². The molecular weight excluding hydrogens is 478 g/mol. The Balaban J connectivity index is 3.51. The van der Waals surface area contributed by atoms with Crippen LogP contribution in [0.15, 0.2) is 24.3 Å². The number of carbonyl (C=O) groups excluding carboxylic acids is 3. The number of rotatable bonds is 15. The van der Waals surface area contributed by atoms with Crippen molar-refractivity contribution >= 4 is 17.9 Å². The monoisotopic (exact) mass is 527 g/mol. The molecule has 0 saturated heterocycles. The number of unbranched alkanes of at least 4 members (excludes halogenated alkanes) is 4. The lowest BCUT2D eigenvalue weighted by Crippen LogP contribution is -2.53. The molecule has 7 nitrogen and oxygen atoms in total. The summed E-state index contributed by atoms with van der Waals surface area (Å²) >= 11 is 0. The Hall–Kier alpha value is -3.01. The van der Waals surface area contributed by atoms with Crippen LogP contribution in [0, 0.1) is 18.3 Å². The summed E-state index contributed by atoms with van der Waals surface area (Å²) in [5, 5.41) is 5.82. The molecule has 0 spiro atoms. The molecule has 7 heteroatoms. The fraction of sp³-hybridized carbons (Fsp3) is 0.645. The molecule has 3 amide bonds. The minimum Gasteiger partial charge on any atom is -0.444 e. The zero-order valence-corrected chi connectivity index (χ0v) is 24.6. The smallest absolute Gasteiger partial charge is 0.408 e. The van der Waals surface area contributed by atoms with Crippen molar-refractivity contribution in [3.8, 4) is 12.3 Å². The van der Waals surface area contributed by atoms with Gasteiger partial charge in [0.15, 0.2) is 0 Å². The van der Waals surface area contributed by atoms with Crippen molar-refractivity contribution in [2.75, 3.05) is 13.1 Å². The number of hydrogen-bond acceptors (Lipinski definition) is 4. The van der Waals surface area contributed by atoms with Crippen LogP contribution in [0.3, 0.4) is 0 Å². The molecule has 1 aromatic rings. The summed E-state index contributed by atoms with van der Waals surface area (Å²) in [5.41, 5.74) is 0.464. The molecule has 0 radical (unpaired) electrons. The van der Waals surface area contributed by atoms with Crippen LogP contribution >= 0.6 is 0 Å². The molecule has 0 aliphatic carbocycles. The standard InChI is InChI=1S/C31H49N3O4/c1-9-12-16-20-32-28(35)27(25-19-15-14-18-24(25)11-3)34(21-17-13-10-2)29(36)26(22-23(4)5)33-30(37)38-31(6,7)8/h3,14-15,18-19,23,26-27H,9-10,12-13,16-17,20-22H2,1-2,4-8H3,(H,32,35)(H,33,37). The maximum Gasteiger partial charge on any atom is 0.408 e. The fourth-order valence-corrected chi connectivity index (χ4v) is 4.24. The van der Waals surface area contributed by atoms with Gasteiger partial charge >= 0.3 is 6.09 Å². The molecule has 0 heterocycles. The van der Waals surface area contributed by atoms with Crippen LogP contribution in [0.25, 0.3) is 0 Å². The van der Waals surface area contributed by atoms with Gasteiger partial charge in [0.1, 0.15) is 17.7 Å². The molecule has 0 aliphatic heterocycles. The van der Waals surface area contributed by atoms with Crippen LogP contribution in [0.5, 0.6) is 0 Å². The first-order valence-corrected chi connectivity index (χ1v) is 14.1. The first kappa shape index (κ1) is 33.0. The second-order valence-electron chi connectivity index (χ2n) is 11.2. The maximum absolute atomic E-state index is 14.2. The number of hydrogen-bond donors (Lipinski definition) is 2. The maximum atomic E-state index is 14.2. The average Bonchev–Trinajstić information content (AvgIpc) is 2.84. The van der Waals surface area contributed by atoms with Crippen LogP contribution in [0.2, 0.25) is 0 Å². The van der Waals surface area contributed by atoms with E-state index in [2.05, 4.69) is 30.4 Å². The lowest BCUT2D eigenvalue weighted by molar-refractivity contribution is -0.143. The Morgan fingerprint density at radius 2 is 1.66 bits per heavy atom. The van der Waals surface area contributed by atoms with Crippen molar-refractivity contribution in [1.82, 2.24) is 15.5 Å². The van der Waals surface area contributed by atoms with Crippen LogP contribution in [0.4, 0.5) is 4.79 Å². The third-order valence-corrected chi connectivity index (χ3v) is 6.03. The van der Waals surface area contributed by atoms with Gasteiger partial charge in [-0.25, -0.2) is 4.79 Å². The average molecular weight is 528 g/mol. The van der Waals surface area contributed by atoms with Crippen LogP contribution in [-0.2, 0) is 14.3 Å². The molecule has 0 aromatic heterocycles. The van der Waals surface area contributed by atoms with Crippen LogP contribution in [-0.4, -0.2) is 47.5 Å². The molecule has 0 saturated carbocycles. The Bertz CT molecular complexity index is 930. The van der Waals surface area contributed by atoms with E-state index >= 15 is 0 Å². The predicted octanol–water partition coefficient (Wildman–Crippen LogP) is 5.97. The van der Waals surface area contributed by atoms with E-state index in [9.17, 15) is 14.4 Å². The second kappa shape index (κ2) is 16.8. The SMILES string of the molecule is C#Cc1ccccc1C(C(=O)NCCCCC)N(CCCCC)C(=O)C(CC(C)C)NC(=O)OC(C)(C)C. The number of amides is 3. The van der Waals surface area contributed by atoms with Gasteiger partial charge in [-0.1, -0.05) is 77.5 Å². The van der Waals surface area contributed by atoms with E-state index in [1.807, 2.05) is 32.0 Å². The highest BCUT2D eigenvalue weighted by Gasteiger charge is 2.37. The molecule has 1 rings (SSSR count). The van der Waals surface area contributed by atoms with E-state index in [4.69, 9.17) is 11.2 Å². The van der Waals surface area contributed by atoms with Gasteiger partial charge in [0.2, 0.25) is 11.8 Å². The van der Waals surface area contributed by atoms with Crippen LogP contribution < -0.4 is 10.6 Å². The summed E-state index contributed by atoms with van der Waals surface area (Å²) in [7, 11) is 0. The van der Waals surface area contributed by atoms with Crippen molar-refractivity contribution in [3.05, 3.63) is 35.4 Å². The van der Waals surface area contributed by atoms with Crippen molar-refractivity contribution in [1.29, 1.82) is 0 Å². The van der Waals surface area contributed by atoms with E-state index in [-0.39, 0.29) is 17.7 Å². The zero-order chi connectivity index (χ0) is 28.7. The molecule has 2 N–H and O–H groups in total. The Kier molecular flexibility index (Phi) is 14.6. The lowest BCUT2D eigenvalue weighted by atomic mass is 9.95. The topological polar surface area (TPSA) is 87.7 Å². The lowest BCUT2D eigenvalue weighted by Gasteiger charge is -2.35. The van der Waals surface area contributed by atoms with E-state index in [0.29, 0.717) is 30.6 Å². The molecule has 0 bridgehead atoms. The Morgan fingerprint density at radius 3 is 2.24 bits per heavy atom. The number of carbonyl (C=O) groups is 3. The Labute approximate surface area is 230 Å². The first-order chi connectivity index (χ1) is 17.9. The molecule has 1 aromatic carbocycles. The molecule has 38 heavy (non-hydrogen) atoms. The third-order valence-electron chi connectivity index (χ3n) is 6.03. The van der Waals surface area contributed by atoms with Crippen molar-refractivity contribution < 1.29 is 19.1 Å². The fourth-order valence-electron chi connectivity index (χ4n) is 4.24. The number of alkyl carbamates (subject to hydrolysis) is 1. The zero-order valence-electron chi connectivity index (χ0n) is 24.6. The molecular formula is C31H49N3O4. The second-order valence-corrected chi connectivity index (χ2v) is 11.2. The minimum atomic E-state index is -0.914. The van der Waals surface area contributed by atoms with Crippen molar-refractivity contribution in [3.63, 3.8) is 0 Å². The highest BCUT2D eigenvalue weighted by Crippen LogP contribution is 2.27. The van der Waals surface area contributed by atoms with Gasteiger partial charge in [-0.2, -0.15) is 0 Å². The van der Waals surface area contributed by atoms with Gasteiger partial charge in [0, 0.05) is 18.7 Å². The number of terminal acetylenes is 1. The largest absolute Gasteiger partial charge is 0.444 e. The normalized spacial score (nSPS) is 12.8. The molecule has 2 atom stereocenters. The van der Waals surface area contributed by atoms with E-state index < -0.39 is 23.8 Å². The van der Waals surface area contributed by atoms with Crippen LogP contribution in [0.1, 0.15) is 111 Å². The molecule has 2 unspecified atom stereocenters. The van der Waals surface area contributed by atoms with Gasteiger partial charge < -0.3 is 20.3 Å². The highest BCUT2D eigenvalue weighted by atomic mass is 16.6. The predicted molar refractivity (Wildman–Crippen MR) is 154 cm³/mol. The van der Waals surface area contributed by atoms with Crippen molar-refractivity contribution in [2.24, 2.45) is 5.92 Å². The van der Waals surface area contributed by atoms with E-state index in [1.54, 1.807) is 31.7 Å². The van der Waals surface area contributed by atoms with Gasteiger partial charge in [0.05, 0.1) is 0 Å². The van der Waals surface area contributed by atoms with Crippen molar-refractivity contribution in [2.45, 2.75) is 111 Å². The van der Waals surface area contributed by atoms with Gasteiger partial charge in [-0.05, 0) is 57.6 Å². The summed E-state index contributed by atoms with van der Waals surface area (Å²) < 4.78 is 5.46. The summed E-state index contributed by atoms with van der Waals surface area (Å²) in [6, 6.07) is 5.48. The number of nitrogens with zero attached hydrogens (tertiary/aromatic N) is 1. The molecule has 212 valence electrons. The summed E-state index contributed by atoms with van der Waals surface area (Å²) in [6.45, 7) is 14.4. The van der Waals surface area contributed by atoms with E-state index in [0.717, 1.165) is 38.5 Å². The Morgan fingerprint density at radius 1 is 1.03 bits per heavy atom.